The quantitative estimate of drug-likeness (QED) is 0.766. The summed E-state index contributed by atoms with van der Waals surface area (Å²) in [6.07, 6.45) is 5.62. The van der Waals surface area contributed by atoms with Crippen molar-refractivity contribution >= 4 is 6.03 Å². The van der Waals surface area contributed by atoms with Crippen molar-refractivity contribution < 1.29 is 9.90 Å². The van der Waals surface area contributed by atoms with Crippen molar-refractivity contribution in [3.05, 3.63) is 0 Å². The van der Waals surface area contributed by atoms with E-state index >= 15 is 0 Å². The zero-order valence-corrected chi connectivity index (χ0v) is 9.98. The Morgan fingerprint density at radius 3 is 2.69 bits per heavy atom. The minimum atomic E-state index is -0.145. The fraction of sp³-hybridized carbons (Fsp3) is 0.917. The lowest BCUT2D eigenvalue weighted by molar-refractivity contribution is 0.0906. The summed E-state index contributed by atoms with van der Waals surface area (Å²) in [4.78, 5) is 13.8. The number of urea groups is 1. The number of aliphatic hydroxyl groups excluding tert-OH is 1. The molecular weight excluding hydrogens is 204 g/mol. The van der Waals surface area contributed by atoms with Gasteiger partial charge in [-0.25, -0.2) is 4.79 Å². The Morgan fingerprint density at radius 1 is 1.38 bits per heavy atom. The maximum atomic E-state index is 11.8. The molecule has 1 saturated carbocycles. The summed E-state index contributed by atoms with van der Waals surface area (Å²) in [6.45, 7) is 3.00. The molecule has 92 valence electrons. The van der Waals surface area contributed by atoms with E-state index in [1.165, 1.54) is 0 Å². The van der Waals surface area contributed by atoms with Crippen LogP contribution in [0, 0.1) is 0 Å². The second-order valence-electron chi connectivity index (χ2n) is 5.05. The zero-order chi connectivity index (χ0) is 11.5. The number of rotatable bonds is 3. The van der Waals surface area contributed by atoms with Crippen molar-refractivity contribution in [2.24, 2.45) is 0 Å². The number of carbonyl (C=O) groups excluding carboxylic acids is 1. The third-order valence-electron chi connectivity index (χ3n) is 3.75. The van der Waals surface area contributed by atoms with Crippen LogP contribution in [0.15, 0.2) is 0 Å². The van der Waals surface area contributed by atoms with Crippen molar-refractivity contribution in [1.82, 2.24) is 10.2 Å². The molecule has 2 N–H and O–H groups in total. The summed E-state index contributed by atoms with van der Waals surface area (Å²) in [5.41, 5.74) is 0. The third-order valence-corrected chi connectivity index (χ3v) is 3.75. The number of amides is 2. The lowest BCUT2D eigenvalue weighted by Gasteiger charge is -2.32. The normalized spacial score (nSPS) is 35.2. The van der Waals surface area contributed by atoms with Crippen LogP contribution in [-0.4, -0.2) is 40.8 Å². The summed E-state index contributed by atoms with van der Waals surface area (Å²) in [7, 11) is 0. The molecule has 0 radical (unpaired) electrons. The average Bonchev–Trinajstić information content (AvgIpc) is 2.61. The van der Waals surface area contributed by atoms with Crippen LogP contribution < -0.4 is 5.32 Å². The predicted molar refractivity (Wildman–Crippen MR) is 62.2 cm³/mol. The first kappa shape index (κ1) is 11.7. The van der Waals surface area contributed by atoms with Crippen molar-refractivity contribution in [3.63, 3.8) is 0 Å². The first-order valence-corrected chi connectivity index (χ1v) is 6.46. The van der Waals surface area contributed by atoms with Crippen LogP contribution in [0.2, 0.25) is 0 Å². The summed E-state index contributed by atoms with van der Waals surface area (Å²) >= 11 is 0. The SMILES string of the molecule is CCCC1CN(C2CCC(O)CC2)C(=O)N1. The van der Waals surface area contributed by atoms with Crippen molar-refractivity contribution in [2.75, 3.05) is 6.54 Å². The number of carbonyl (C=O) groups is 1. The molecule has 4 heteroatoms. The molecule has 0 aromatic carbocycles. The number of hydrogen-bond acceptors (Lipinski definition) is 2. The molecule has 0 aromatic rings. The van der Waals surface area contributed by atoms with Gasteiger partial charge in [-0.1, -0.05) is 13.3 Å². The zero-order valence-electron chi connectivity index (χ0n) is 9.98. The van der Waals surface area contributed by atoms with E-state index in [1.807, 2.05) is 4.90 Å². The van der Waals surface area contributed by atoms with Crippen LogP contribution in [0.25, 0.3) is 0 Å². The Bertz CT molecular complexity index is 249. The Hall–Kier alpha value is -0.770. The van der Waals surface area contributed by atoms with Crippen LogP contribution >= 0.6 is 0 Å². The molecule has 1 heterocycles. The third kappa shape index (κ3) is 2.48. The molecule has 16 heavy (non-hydrogen) atoms. The van der Waals surface area contributed by atoms with Gasteiger partial charge in [-0.05, 0) is 32.1 Å². The fourth-order valence-electron chi connectivity index (χ4n) is 2.82. The number of aliphatic hydroxyl groups is 1. The van der Waals surface area contributed by atoms with E-state index in [0.29, 0.717) is 12.1 Å². The Labute approximate surface area is 97.0 Å². The summed E-state index contributed by atoms with van der Waals surface area (Å²) in [5.74, 6) is 0. The first-order chi connectivity index (χ1) is 7.70. The van der Waals surface area contributed by atoms with Crippen LogP contribution in [0.5, 0.6) is 0 Å². The largest absolute Gasteiger partial charge is 0.393 e. The molecule has 1 atom stereocenters. The van der Waals surface area contributed by atoms with Gasteiger partial charge in [0.1, 0.15) is 0 Å². The molecule has 0 bridgehead atoms. The monoisotopic (exact) mass is 226 g/mol. The molecule has 1 aliphatic carbocycles. The van der Waals surface area contributed by atoms with E-state index in [0.717, 1.165) is 45.1 Å². The average molecular weight is 226 g/mol. The Kier molecular flexibility index (Phi) is 3.69. The lowest BCUT2D eigenvalue weighted by atomic mass is 9.92. The molecule has 0 spiro atoms. The van der Waals surface area contributed by atoms with Gasteiger partial charge in [-0.3, -0.25) is 0 Å². The molecule has 1 saturated heterocycles. The van der Waals surface area contributed by atoms with Crippen LogP contribution in [0.1, 0.15) is 45.4 Å². The topological polar surface area (TPSA) is 52.6 Å². The van der Waals surface area contributed by atoms with Gasteiger partial charge in [0.15, 0.2) is 0 Å². The van der Waals surface area contributed by atoms with Gasteiger partial charge >= 0.3 is 6.03 Å². The van der Waals surface area contributed by atoms with Crippen molar-refractivity contribution in [1.29, 1.82) is 0 Å². The van der Waals surface area contributed by atoms with E-state index in [2.05, 4.69) is 12.2 Å². The van der Waals surface area contributed by atoms with Crippen LogP contribution in [0.4, 0.5) is 4.79 Å². The fourth-order valence-corrected chi connectivity index (χ4v) is 2.82. The van der Waals surface area contributed by atoms with E-state index in [1.54, 1.807) is 0 Å². The van der Waals surface area contributed by atoms with Gasteiger partial charge in [0.05, 0.1) is 6.10 Å². The number of nitrogens with zero attached hydrogens (tertiary/aromatic N) is 1. The maximum Gasteiger partial charge on any atom is 0.317 e. The Morgan fingerprint density at radius 2 is 2.06 bits per heavy atom. The molecule has 0 aromatic heterocycles. The molecule has 4 nitrogen and oxygen atoms in total. The molecule has 2 amide bonds. The molecule has 1 aliphatic heterocycles. The number of hydrogen-bond donors (Lipinski definition) is 2. The molecule has 2 rings (SSSR count). The van der Waals surface area contributed by atoms with Crippen LogP contribution in [-0.2, 0) is 0 Å². The van der Waals surface area contributed by atoms with Gasteiger partial charge in [0.25, 0.3) is 0 Å². The number of nitrogens with one attached hydrogen (secondary N) is 1. The lowest BCUT2D eigenvalue weighted by Crippen LogP contribution is -2.41. The summed E-state index contributed by atoms with van der Waals surface area (Å²) < 4.78 is 0. The highest BCUT2D eigenvalue weighted by Crippen LogP contribution is 2.25. The highest BCUT2D eigenvalue weighted by atomic mass is 16.3. The molecule has 2 fully saturated rings. The predicted octanol–water partition coefficient (Wildman–Crippen LogP) is 1.48. The van der Waals surface area contributed by atoms with Gasteiger partial charge in [-0.2, -0.15) is 0 Å². The first-order valence-electron chi connectivity index (χ1n) is 6.46. The molecule has 2 aliphatic rings. The van der Waals surface area contributed by atoms with E-state index in [-0.39, 0.29) is 12.1 Å². The minimum absolute atomic E-state index is 0.0971. The Balaban J connectivity index is 1.87. The van der Waals surface area contributed by atoms with Gasteiger partial charge < -0.3 is 15.3 Å². The highest BCUT2D eigenvalue weighted by molar-refractivity contribution is 5.77. The van der Waals surface area contributed by atoms with Crippen molar-refractivity contribution in [2.45, 2.75) is 63.6 Å². The van der Waals surface area contributed by atoms with E-state index < -0.39 is 0 Å². The van der Waals surface area contributed by atoms with Gasteiger partial charge in [-0.15, -0.1) is 0 Å². The standard InChI is InChI=1S/C12H22N2O2/c1-2-3-9-8-14(12(16)13-9)10-4-6-11(15)7-5-10/h9-11,15H,2-8H2,1H3,(H,13,16). The second kappa shape index (κ2) is 5.04. The maximum absolute atomic E-state index is 11.8. The minimum Gasteiger partial charge on any atom is -0.393 e. The van der Waals surface area contributed by atoms with Gasteiger partial charge in [0, 0.05) is 18.6 Å². The van der Waals surface area contributed by atoms with Crippen molar-refractivity contribution in [3.8, 4) is 0 Å². The smallest absolute Gasteiger partial charge is 0.317 e. The van der Waals surface area contributed by atoms with Gasteiger partial charge in [0.2, 0.25) is 0 Å². The molecule has 1 unspecified atom stereocenters. The molecular formula is C12H22N2O2. The highest BCUT2D eigenvalue weighted by Gasteiger charge is 2.34. The van der Waals surface area contributed by atoms with E-state index in [4.69, 9.17) is 0 Å². The summed E-state index contributed by atoms with van der Waals surface area (Å²) in [6, 6.07) is 0.787. The second-order valence-corrected chi connectivity index (χ2v) is 5.05. The van der Waals surface area contributed by atoms with E-state index in [9.17, 15) is 9.90 Å². The summed E-state index contributed by atoms with van der Waals surface area (Å²) in [5, 5.41) is 12.5. The van der Waals surface area contributed by atoms with Crippen LogP contribution in [0.3, 0.4) is 0 Å².